The highest BCUT2D eigenvalue weighted by molar-refractivity contribution is 5.31. The normalized spacial score (nSPS) is 21.1. The van der Waals surface area contributed by atoms with Crippen molar-refractivity contribution < 1.29 is 9.47 Å². The van der Waals surface area contributed by atoms with Crippen LogP contribution in [-0.2, 0) is 10.2 Å². The van der Waals surface area contributed by atoms with Gasteiger partial charge in [-0.15, -0.1) is 0 Å². The van der Waals surface area contributed by atoms with E-state index in [1.54, 1.807) is 0 Å². The van der Waals surface area contributed by atoms with Gasteiger partial charge in [0.15, 0.2) is 6.29 Å². The fourth-order valence-electron chi connectivity index (χ4n) is 1.83. The van der Waals surface area contributed by atoms with Crippen molar-refractivity contribution in [3.05, 3.63) is 29.8 Å². The van der Waals surface area contributed by atoms with Gasteiger partial charge in [0.2, 0.25) is 0 Å². The lowest BCUT2D eigenvalue weighted by Gasteiger charge is -2.19. The van der Waals surface area contributed by atoms with Crippen molar-refractivity contribution in [3.63, 3.8) is 0 Å². The molecule has 1 atom stereocenters. The monoisotopic (exact) mass is 220 g/mol. The van der Waals surface area contributed by atoms with Crippen molar-refractivity contribution in [3.8, 4) is 5.75 Å². The Labute approximate surface area is 97.6 Å². The van der Waals surface area contributed by atoms with Crippen molar-refractivity contribution >= 4 is 0 Å². The standard InChI is InChI=1S/C14H20O2/c1-14(2,3)11-6-8-12(9-7-11)16-13-5-4-10-15-13/h6-9,13H,4-5,10H2,1-3H3/t13-/m1/s1. The maximum atomic E-state index is 5.72. The Balaban J connectivity index is 2.01. The van der Waals surface area contributed by atoms with Crippen LogP contribution >= 0.6 is 0 Å². The van der Waals surface area contributed by atoms with E-state index in [9.17, 15) is 0 Å². The highest BCUT2D eigenvalue weighted by Crippen LogP contribution is 2.25. The van der Waals surface area contributed by atoms with E-state index in [2.05, 4.69) is 32.9 Å². The Morgan fingerprint density at radius 2 is 1.88 bits per heavy atom. The second kappa shape index (κ2) is 4.46. The molecule has 1 fully saturated rings. The van der Waals surface area contributed by atoms with E-state index in [1.807, 2.05) is 12.1 Å². The van der Waals surface area contributed by atoms with Crippen LogP contribution in [-0.4, -0.2) is 12.9 Å². The van der Waals surface area contributed by atoms with Crippen LogP contribution in [0.4, 0.5) is 0 Å². The summed E-state index contributed by atoms with van der Waals surface area (Å²) in [6.07, 6.45) is 2.06. The van der Waals surface area contributed by atoms with E-state index in [0.717, 1.165) is 25.2 Å². The van der Waals surface area contributed by atoms with Gasteiger partial charge >= 0.3 is 0 Å². The largest absolute Gasteiger partial charge is 0.465 e. The summed E-state index contributed by atoms with van der Waals surface area (Å²) in [5, 5.41) is 0. The lowest BCUT2D eigenvalue weighted by Crippen LogP contribution is -2.14. The molecule has 1 aromatic carbocycles. The molecule has 1 aromatic rings. The number of hydrogen-bond acceptors (Lipinski definition) is 2. The van der Waals surface area contributed by atoms with Crippen LogP contribution < -0.4 is 4.74 Å². The molecule has 0 aromatic heterocycles. The van der Waals surface area contributed by atoms with Gasteiger partial charge in [-0.3, -0.25) is 0 Å². The van der Waals surface area contributed by atoms with Crippen LogP contribution in [0.1, 0.15) is 39.2 Å². The van der Waals surface area contributed by atoms with Gasteiger partial charge in [0.1, 0.15) is 5.75 Å². The first-order chi connectivity index (χ1) is 7.55. The minimum absolute atomic E-state index is 0.0412. The van der Waals surface area contributed by atoms with E-state index in [-0.39, 0.29) is 11.7 Å². The maximum Gasteiger partial charge on any atom is 0.199 e. The molecule has 0 aliphatic carbocycles. The molecule has 0 spiro atoms. The Bertz CT molecular complexity index is 329. The van der Waals surface area contributed by atoms with E-state index in [4.69, 9.17) is 9.47 Å². The molecule has 0 radical (unpaired) electrons. The molecule has 0 saturated carbocycles. The number of benzene rings is 1. The van der Waals surface area contributed by atoms with Gasteiger partial charge in [0.25, 0.3) is 0 Å². The predicted molar refractivity (Wildman–Crippen MR) is 64.7 cm³/mol. The Hall–Kier alpha value is -1.02. The second-order valence-electron chi connectivity index (χ2n) is 5.33. The Morgan fingerprint density at radius 1 is 1.19 bits per heavy atom. The highest BCUT2D eigenvalue weighted by Gasteiger charge is 2.17. The van der Waals surface area contributed by atoms with Gasteiger partial charge in [-0.1, -0.05) is 32.9 Å². The fourth-order valence-corrected chi connectivity index (χ4v) is 1.83. The molecule has 2 nitrogen and oxygen atoms in total. The smallest absolute Gasteiger partial charge is 0.199 e. The second-order valence-corrected chi connectivity index (χ2v) is 5.33. The molecule has 2 rings (SSSR count). The SMILES string of the molecule is CC(C)(C)c1ccc(O[C@@H]2CCCO2)cc1. The Kier molecular flexibility index (Phi) is 3.20. The lowest BCUT2D eigenvalue weighted by atomic mass is 9.87. The topological polar surface area (TPSA) is 18.5 Å². The summed E-state index contributed by atoms with van der Waals surface area (Å²) < 4.78 is 11.2. The van der Waals surface area contributed by atoms with E-state index in [0.29, 0.717) is 0 Å². The minimum Gasteiger partial charge on any atom is -0.465 e. The third kappa shape index (κ3) is 2.76. The van der Waals surface area contributed by atoms with Crippen LogP contribution in [0.2, 0.25) is 0 Å². The Morgan fingerprint density at radius 3 is 2.38 bits per heavy atom. The zero-order valence-corrected chi connectivity index (χ0v) is 10.3. The van der Waals surface area contributed by atoms with Crippen molar-refractivity contribution in [1.82, 2.24) is 0 Å². The minimum atomic E-state index is -0.0412. The first kappa shape index (κ1) is 11.5. The summed E-state index contributed by atoms with van der Waals surface area (Å²) in [6.45, 7) is 7.46. The van der Waals surface area contributed by atoms with Crippen LogP contribution in [0.3, 0.4) is 0 Å². The van der Waals surface area contributed by atoms with Crippen molar-refractivity contribution in [2.75, 3.05) is 6.61 Å². The summed E-state index contributed by atoms with van der Waals surface area (Å²) in [5.41, 5.74) is 1.52. The van der Waals surface area contributed by atoms with Gasteiger partial charge in [-0.2, -0.15) is 0 Å². The first-order valence-corrected chi connectivity index (χ1v) is 5.94. The predicted octanol–water partition coefficient (Wildman–Crippen LogP) is 3.50. The van der Waals surface area contributed by atoms with Crippen LogP contribution in [0.25, 0.3) is 0 Å². The van der Waals surface area contributed by atoms with E-state index >= 15 is 0 Å². The number of hydrogen-bond donors (Lipinski definition) is 0. The molecule has 2 heteroatoms. The van der Waals surface area contributed by atoms with Gasteiger partial charge in [0.05, 0.1) is 6.61 Å². The van der Waals surface area contributed by atoms with Gasteiger partial charge in [-0.25, -0.2) is 0 Å². The average Bonchev–Trinajstić information content (AvgIpc) is 2.70. The molecule has 0 bridgehead atoms. The molecular weight excluding hydrogens is 200 g/mol. The maximum absolute atomic E-state index is 5.72. The van der Waals surface area contributed by atoms with Crippen molar-refractivity contribution in [1.29, 1.82) is 0 Å². The zero-order chi connectivity index (χ0) is 11.6. The summed E-state index contributed by atoms with van der Waals surface area (Å²) in [7, 11) is 0. The molecule has 0 N–H and O–H groups in total. The van der Waals surface area contributed by atoms with Crippen molar-refractivity contribution in [2.45, 2.75) is 45.3 Å². The first-order valence-electron chi connectivity index (χ1n) is 5.94. The number of ether oxygens (including phenoxy) is 2. The summed E-state index contributed by atoms with van der Waals surface area (Å²) >= 11 is 0. The molecular formula is C14H20O2. The summed E-state index contributed by atoms with van der Waals surface area (Å²) in [5.74, 6) is 0.903. The molecule has 0 unspecified atom stereocenters. The quantitative estimate of drug-likeness (QED) is 0.759. The summed E-state index contributed by atoms with van der Waals surface area (Å²) in [6, 6.07) is 8.32. The molecule has 1 heterocycles. The highest BCUT2D eigenvalue weighted by atomic mass is 16.7. The third-order valence-electron chi connectivity index (χ3n) is 2.88. The third-order valence-corrected chi connectivity index (χ3v) is 2.88. The molecule has 16 heavy (non-hydrogen) atoms. The van der Waals surface area contributed by atoms with E-state index < -0.39 is 0 Å². The van der Waals surface area contributed by atoms with Crippen LogP contribution in [0.15, 0.2) is 24.3 Å². The van der Waals surface area contributed by atoms with Gasteiger partial charge in [-0.05, 0) is 29.5 Å². The van der Waals surface area contributed by atoms with Gasteiger partial charge in [0, 0.05) is 6.42 Å². The van der Waals surface area contributed by atoms with E-state index in [1.165, 1.54) is 5.56 Å². The van der Waals surface area contributed by atoms with Crippen molar-refractivity contribution in [2.24, 2.45) is 0 Å². The van der Waals surface area contributed by atoms with Crippen LogP contribution in [0, 0.1) is 0 Å². The molecule has 1 aliphatic rings. The van der Waals surface area contributed by atoms with Crippen LogP contribution in [0.5, 0.6) is 5.75 Å². The summed E-state index contributed by atoms with van der Waals surface area (Å²) in [4.78, 5) is 0. The zero-order valence-electron chi connectivity index (χ0n) is 10.3. The average molecular weight is 220 g/mol. The molecule has 1 saturated heterocycles. The molecule has 88 valence electrons. The molecule has 0 amide bonds. The lowest BCUT2D eigenvalue weighted by molar-refractivity contribution is -0.0390. The van der Waals surface area contributed by atoms with Gasteiger partial charge < -0.3 is 9.47 Å². The fraction of sp³-hybridized carbons (Fsp3) is 0.571. The number of rotatable bonds is 2. The molecule has 1 aliphatic heterocycles.